The predicted octanol–water partition coefficient (Wildman–Crippen LogP) is -1.09. The third kappa shape index (κ3) is 2.53. The molecule has 7 nitrogen and oxygen atoms in total. The molecule has 0 aliphatic heterocycles. The summed E-state index contributed by atoms with van der Waals surface area (Å²) in [4.78, 5) is 22.0. The van der Waals surface area contributed by atoms with Gasteiger partial charge in [0.15, 0.2) is 0 Å². The first-order chi connectivity index (χ1) is 7.08. The molecule has 0 spiro atoms. The molecular formula is C8H13N5O2. The van der Waals surface area contributed by atoms with E-state index in [-0.39, 0.29) is 0 Å². The molecule has 1 heterocycles. The Morgan fingerprint density at radius 1 is 1.53 bits per heavy atom. The molecule has 2 amide bonds. The number of amides is 2. The van der Waals surface area contributed by atoms with E-state index >= 15 is 0 Å². The first-order valence-electron chi connectivity index (χ1n) is 4.43. The Morgan fingerprint density at radius 2 is 2.20 bits per heavy atom. The summed E-state index contributed by atoms with van der Waals surface area (Å²) >= 11 is 0. The minimum absolute atomic E-state index is 0.522. The molecule has 0 saturated heterocycles. The molecule has 4 N–H and O–H groups in total. The summed E-state index contributed by atoms with van der Waals surface area (Å²) in [5.41, 5.74) is 2.99. The molecule has 1 rings (SSSR count). The summed E-state index contributed by atoms with van der Waals surface area (Å²) in [5.74, 6) is 3.13. The van der Waals surface area contributed by atoms with E-state index in [9.17, 15) is 9.59 Å². The number of aryl methyl sites for hydroxylation is 2. The van der Waals surface area contributed by atoms with E-state index in [2.05, 4.69) is 10.4 Å². The molecule has 0 fully saturated rings. The number of rotatable bonds is 2. The number of carbonyl (C=O) groups excluding carboxylic acids is 2. The first-order valence-corrected chi connectivity index (χ1v) is 4.43. The van der Waals surface area contributed by atoms with Gasteiger partial charge in [-0.05, 0) is 6.42 Å². The van der Waals surface area contributed by atoms with Crippen LogP contribution < -0.4 is 16.6 Å². The van der Waals surface area contributed by atoms with Gasteiger partial charge in [0, 0.05) is 13.2 Å². The minimum atomic E-state index is -0.888. The molecule has 15 heavy (non-hydrogen) atoms. The number of hydrazine groups is 1. The maximum Gasteiger partial charge on any atom is 0.323 e. The number of hydrogen-bond acceptors (Lipinski definition) is 4. The van der Waals surface area contributed by atoms with Crippen LogP contribution >= 0.6 is 0 Å². The lowest BCUT2D eigenvalue weighted by atomic mass is 10.3. The molecule has 0 unspecified atom stereocenters. The van der Waals surface area contributed by atoms with Crippen LogP contribution in [0.1, 0.15) is 12.6 Å². The lowest BCUT2D eigenvalue weighted by Crippen LogP contribution is -2.39. The summed E-state index contributed by atoms with van der Waals surface area (Å²) in [5, 5.41) is 6.52. The van der Waals surface area contributed by atoms with Crippen LogP contribution in [0.4, 0.5) is 5.69 Å². The van der Waals surface area contributed by atoms with Crippen molar-refractivity contribution in [2.45, 2.75) is 13.3 Å². The van der Waals surface area contributed by atoms with E-state index in [1.165, 1.54) is 0 Å². The van der Waals surface area contributed by atoms with Crippen molar-refractivity contribution in [2.24, 2.45) is 12.9 Å². The zero-order valence-electron chi connectivity index (χ0n) is 8.57. The van der Waals surface area contributed by atoms with Crippen LogP contribution in [0, 0.1) is 0 Å². The van der Waals surface area contributed by atoms with E-state index in [1.54, 1.807) is 23.4 Å². The van der Waals surface area contributed by atoms with Crippen LogP contribution in [0.15, 0.2) is 6.20 Å². The maximum atomic E-state index is 11.2. The van der Waals surface area contributed by atoms with E-state index in [1.807, 2.05) is 6.92 Å². The van der Waals surface area contributed by atoms with E-state index in [4.69, 9.17) is 5.84 Å². The Morgan fingerprint density at radius 3 is 2.73 bits per heavy atom. The fourth-order valence-corrected chi connectivity index (χ4v) is 1.14. The highest BCUT2D eigenvalue weighted by Gasteiger charge is 2.15. The highest BCUT2D eigenvalue weighted by atomic mass is 16.2. The van der Waals surface area contributed by atoms with Crippen molar-refractivity contribution in [3.63, 3.8) is 0 Å². The Kier molecular flexibility index (Phi) is 3.40. The van der Waals surface area contributed by atoms with Crippen molar-refractivity contribution in [1.29, 1.82) is 0 Å². The van der Waals surface area contributed by atoms with Gasteiger partial charge >= 0.3 is 11.8 Å². The zero-order chi connectivity index (χ0) is 11.4. The molecule has 1 aromatic heterocycles. The standard InChI is InChI=1S/C8H13N5O2/c1-3-5-6(4-13(2)12-5)10-7(14)8(15)11-9/h4H,3,9H2,1-2H3,(H,10,14)(H,11,15). The minimum Gasteiger partial charge on any atom is -0.315 e. The molecule has 0 atom stereocenters. The fourth-order valence-electron chi connectivity index (χ4n) is 1.14. The number of carbonyl (C=O) groups is 2. The first kappa shape index (κ1) is 11.2. The molecule has 1 aromatic rings. The van der Waals surface area contributed by atoms with Gasteiger partial charge in [0.05, 0.1) is 11.4 Å². The predicted molar refractivity (Wildman–Crippen MR) is 53.5 cm³/mol. The lowest BCUT2D eigenvalue weighted by Gasteiger charge is -2.01. The molecule has 0 aromatic carbocycles. The van der Waals surface area contributed by atoms with Crippen molar-refractivity contribution in [2.75, 3.05) is 5.32 Å². The van der Waals surface area contributed by atoms with Crippen LogP contribution in [0.2, 0.25) is 0 Å². The largest absolute Gasteiger partial charge is 0.323 e. The number of nitrogens with two attached hydrogens (primary N) is 1. The normalized spacial score (nSPS) is 9.80. The van der Waals surface area contributed by atoms with Gasteiger partial charge in [-0.15, -0.1) is 0 Å². The highest BCUT2D eigenvalue weighted by molar-refractivity contribution is 6.39. The van der Waals surface area contributed by atoms with Crippen LogP contribution in [0.25, 0.3) is 0 Å². The van der Waals surface area contributed by atoms with Crippen molar-refractivity contribution in [3.05, 3.63) is 11.9 Å². The molecular weight excluding hydrogens is 198 g/mol. The average Bonchev–Trinajstić information content (AvgIpc) is 2.57. The molecule has 0 bridgehead atoms. The monoisotopic (exact) mass is 211 g/mol. The molecule has 7 heteroatoms. The van der Waals surface area contributed by atoms with Crippen LogP contribution in [-0.2, 0) is 23.1 Å². The Bertz CT molecular complexity index is 384. The smallest absolute Gasteiger partial charge is 0.315 e. The summed E-state index contributed by atoms with van der Waals surface area (Å²) in [6.07, 6.45) is 2.29. The van der Waals surface area contributed by atoms with Gasteiger partial charge in [-0.25, -0.2) is 5.84 Å². The van der Waals surface area contributed by atoms with E-state index in [0.29, 0.717) is 12.1 Å². The van der Waals surface area contributed by atoms with Crippen LogP contribution in [-0.4, -0.2) is 21.6 Å². The topological polar surface area (TPSA) is 102 Å². The van der Waals surface area contributed by atoms with Crippen molar-refractivity contribution in [3.8, 4) is 0 Å². The molecule has 0 aliphatic rings. The highest BCUT2D eigenvalue weighted by Crippen LogP contribution is 2.13. The number of hydrogen-bond donors (Lipinski definition) is 3. The second-order valence-corrected chi connectivity index (χ2v) is 2.94. The number of anilines is 1. The quantitative estimate of drug-likeness (QED) is 0.250. The number of aromatic nitrogens is 2. The molecule has 0 aliphatic carbocycles. The van der Waals surface area contributed by atoms with Gasteiger partial charge in [0.2, 0.25) is 0 Å². The fraction of sp³-hybridized carbons (Fsp3) is 0.375. The second-order valence-electron chi connectivity index (χ2n) is 2.94. The SMILES string of the molecule is CCc1nn(C)cc1NC(=O)C(=O)NN. The Balaban J connectivity index is 2.80. The van der Waals surface area contributed by atoms with Crippen molar-refractivity contribution < 1.29 is 9.59 Å². The Hall–Kier alpha value is -1.89. The number of nitrogens with one attached hydrogen (secondary N) is 2. The summed E-state index contributed by atoms with van der Waals surface area (Å²) in [6, 6.07) is 0. The van der Waals surface area contributed by atoms with Crippen LogP contribution in [0.5, 0.6) is 0 Å². The maximum absolute atomic E-state index is 11.2. The van der Waals surface area contributed by atoms with E-state index in [0.717, 1.165) is 5.69 Å². The average molecular weight is 211 g/mol. The molecule has 0 radical (unpaired) electrons. The van der Waals surface area contributed by atoms with Gasteiger partial charge in [0.1, 0.15) is 0 Å². The number of nitrogens with zero attached hydrogens (tertiary/aromatic N) is 2. The second kappa shape index (κ2) is 4.56. The van der Waals surface area contributed by atoms with Crippen molar-refractivity contribution in [1.82, 2.24) is 15.2 Å². The summed E-state index contributed by atoms with van der Waals surface area (Å²) in [6.45, 7) is 1.90. The zero-order valence-corrected chi connectivity index (χ0v) is 8.57. The molecule has 82 valence electrons. The van der Waals surface area contributed by atoms with Gasteiger partial charge in [-0.2, -0.15) is 5.10 Å². The lowest BCUT2D eigenvalue weighted by molar-refractivity contribution is -0.136. The third-order valence-electron chi connectivity index (χ3n) is 1.83. The Labute approximate surface area is 86.6 Å². The molecule has 0 saturated carbocycles. The summed E-state index contributed by atoms with van der Waals surface area (Å²) < 4.78 is 1.56. The third-order valence-corrected chi connectivity index (χ3v) is 1.83. The van der Waals surface area contributed by atoms with Gasteiger partial charge in [0.25, 0.3) is 0 Å². The van der Waals surface area contributed by atoms with Crippen molar-refractivity contribution >= 4 is 17.5 Å². The van der Waals surface area contributed by atoms with Gasteiger partial charge in [-0.3, -0.25) is 19.7 Å². The van der Waals surface area contributed by atoms with Gasteiger partial charge < -0.3 is 5.32 Å². The van der Waals surface area contributed by atoms with Crippen LogP contribution in [0.3, 0.4) is 0 Å². The summed E-state index contributed by atoms with van der Waals surface area (Å²) in [7, 11) is 1.73. The van der Waals surface area contributed by atoms with E-state index < -0.39 is 11.8 Å². The van der Waals surface area contributed by atoms with Gasteiger partial charge in [-0.1, -0.05) is 6.92 Å².